The summed E-state index contributed by atoms with van der Waals surface area (Å²) < 4.78 is 3.21. The minimum atomic E-state index is -0.431. The quantitative estimate of drug-likeness (QED) is 0.740. The Morgan fingerprint density at radius 3 is 2.65 bits per heavy atom. The summed E-state index contributed by atoms with van der Waals surface area (Å²) in [5, 5.41) is 8.93. The largest absolute Gasteiger partial charge is 0.354 e. The molecule has 0 saturated heterocycles. The second-order valence-electron chi connectivity index (χ2n) is 7.12. The predicted octanol–water partition coefficient (Wildman–Crippen LogP) is 3.00. The molecule has 3 aromatic rings. The van der Waals surface area contributed by atoms with Crippen LogP contribution in [-0.2, 0) is 11.8 Å². The van der Waals surface area contributed by atoms with Crippen molar-refractivity contribution in [3.8, 4) is 0 Å². The Hall–Kier alpha value is -2.63. The number of benzene rings is 1. The van der Waals surface area contributed by atoms with E-state index in [9.17, 15) is 9.59 Å². The summed E-state index contributed by atoms with van der Waals surface area (Å²) in [5.74, 6) is 0.483. The number of hydrogen-bond acceptors (Lipinski definition) is 3. The Balaban J connectivity index is 2.16. The van der Waals surface area contributed by atoms with Crippen molar-refractivity contribution in [2.24, 2.45) is 13.0 Å². The van der Waals surface area contributed by atoms with Crippen LogP contribution in [0.5, 0.6) is 0 Å². The van der Waals surface area contributed by atoms with Gasteiger partial charge in [0.05, 0.1) is 11.7 Å². The molecule has 6 heteroatoms. The number of rotatable bonds is 6. The molecule has 0 bridgehead atoms. The van der Waals surface area contributed by atoms with Crippen molar-refractivity contribution in [2.45, 2.75) is 39.7 Å². The number of carbonyl (C=O) groups excluding carboxylic acids is 1. The topological polar surface area (TPSA) is 68.9 Å². The number of nitrogens with zero attached hydrogens (tertiary/aromatic N) is 3. The minimum Gasteiger partial charge on any atom is -0.354 e. The van der Waals surface area contributed by atoms with Crippen LogP contribution in [0.25, 0.3) is 21.8 Å². The highest BCUT2D eigenvalue weighted by Crippen LogP contribution is 2.30. The van der Waals surface area contributed by atoms with Crippen LogP contribution in [-0.4, -0.2) is 26.8 Å². The standard InChI is InChI=1S/C20H26N4O2/c1-5-16(19(25)21-11-10-13(2)3)24-17-9-7-6-8-14(17)15-12-22-23(4)20(26)18(15)24/h6-9,12-13,16H,5,10-11H2,1-4H3,(H,21,25)/t16-/m0/s1. The van der Waals surface area contributed by atoms with Gasteiger partial charge in [-0.25, -0.2) is 4.68 Å². The lowest BCUT2D eigenvalue weighted by Gasteiger charge is -2.19. The number of para-hydroxylation sites is 1. The molecule has 2 heterocycles. The number of nitrogens with one attached hydrogen (secondary N) is 1. The van der Waals surface area contributed by atoms with Crippen LogP contribution in [0, 0.1) is 5.92 Å². The molecule has 0 aliphatic heterocycles. The van der Waals surface area contributed by atoms with Gasteiger partial charge >= 0.3 is 0 Å². The number of carbonyl (C=O) groups is 1. The number of amides is 1. The molecule has 1 N–H and O–H groups in total. The van der Waals surface area contributed by atoms with Crippen molar-refractivity contribution in [3.63, 3.8) is 0 Å². The summed E-state index contributed by atoms with van der Waals surface area (Å²) in [6.07, 6.45) is 3.24. The van der Waals surface area contributed by atoms with Gasteiger partial charge in [-0.3, -0.25) is 9.59 Å². The Labute approximate surface area is 152 Å². The summed E-state index contributed by atoms with van der Waals surface area (Å²) in [6.45, 7) is 6.88. The molecule has 0 radical (unpaired) electrons. The number of hydrogen-bond donors (Lipinski definition) is 1. The maximum atomic E-state index is 12.9. The van der Waals surface area contributed by atoms with Gasteiger partial charge < -0.3 is 9.88 Å². The van der Waals surface area contributed by atoms with Crippen molar-refractivity contribution in [2.75, 3.05) is 6.54 Å². The van der Waals surface area contributed by atoms with Crippen molar-refractivity contribution >= 4 is 27.7 Å². The second-order valence-corrected chi connectivity index (χ2v) is 7.12. The van der Waals surface area contributed by atoms with E-state index >= 15 is 0 Å². The van der Waals surface area contributed by atoms with Gasteiger partial charge in [0.1, 0.15) is 11.6 Å². The molecule has 0 aliphatic rings. The molecule has 0 saturated carbocycles. The first kappa shape index (κ1) is 18.2. The lowest BCUT2D eigenvalue weighted by molar-refractivity contribution is -0.124. The summed E-state index contributed by atoms with van der Waals surface area (Å²) in [6, 6.07) is 7.36. The zero-order valence-corrected chi connectivity index (χ0v) is 15.8. The van der Waals surface area contributed by atoms with Crippen molar-refractivity contribution in [1.29, 1.82) is 0 Å². The summed E-state index contributed by atoms with van der Waals surface area (Å²) in [5.41, 5.74) is 1.24. The van der Waals surface area contributed by atoms with E-state index in [-0.39, 0.29) is 11.5 Å². The number of aromatic nitrogens is 3. The van der Waals surface area contributed by atoms with Crippen LogP contribution in [0.15, 0.2) is 35.3 Å². The van der Waals surface area contributed by atoms with E-state index in [0.29, 0.717) is 24.4 Å². The van der Waals surface area contributed by atoms with E-state index in [1.165, 1.54) is 4.68 Å². The highest BCUT2D eigenvalue weighted by atomic mass is 16.2. The van der Waals surface area contributed by atoms with E-state index in [4.69, 9.17) is 0 Å². The normalized spacial score (nSPS) is 12.8. The molecule has 1 aromatic carbocycles. The minimum absolute atomic E-state index is 0.0466. The van der Waals surface area contributed by atoms with Gasteiger partial charge in [-0.1, -0.05) is 39.0 Å². The summed E-state index contributed by atoms with van der Waals surface area (Å²) >= 11 is 0. The van der Waals surface area contributed by atoms with Crippen LogP contribution in [0.4, 0.5) is 0 Å². The fourth-order valence-electron chi connectivity index (χ4n) is 3.40. The fourth-order valence-corrected chi connectivity index (χ4v) is 3.40. The van der Waals surface area contributed by atoms with Crippen molar-refractivity contribution in [3.05, 3.63) is 40.8 Å². The highest BCUT2D eigenvalue weighted by molar-refractivity contribution is 6.08. The van der Waals surface area contributed by atoms with Gasteiger partial charge in [0.2, 0.25) is 5.91 Å². The van der Waals surface area contributed by atoms with Gasteiger partial charge in [0.15, 0.2) is 0 Å². The zero-order chi connectivity index (χ0) is 18.8. The Bertz CT molecular complexity index is 1000. The lowest BCUT2D eigenvalue weighted by atomic mass is 10.1. The van der Waals surface area contributed by atoms with Crippen LogP contribution in [0.2, 0.25) is 0 Å². The molecular formula is C20H26N4O2. The van der Waals surface area contributed by atoms with Gasteiger partial charge in [0.25, 0.3) is 5.56 Å². The van der Waals surface area contributed by atoms with Gasteiger partial charge in [-0.05, 0) is 24.8 Å². The maximum Gasteiger partial charge on any atom is 0.291 e. The summed E-state index contributed by atoms with van der Waals surface area (Å²) in [7, 11) is 1.63. The average Bonchev–Trinajstić information content (AvgIpc) is 2.94. The molecule has 138 valence electrons. The monoisotopic (exact) mass is 354 g/mol. The van der Waals surface area contributed by atoms with Crippen LogP contribution in [0.1, 0.15) is 39.7 Å². The summed E-state index contributed by atoms with van der Waals surface area (Å²) in [4.78, 5) is 25.7. The predicted molar refractivity (Wildman–Crippen MR) is 104 cm³/mol. The SMILES string of the molecule is CC[C@@H](C(=O)NCCC(C)C)n1c2ccccc2c2cnn(C)c(=O)c21. The molecule has 1 atom stereocenters. The lowest BCUT2D eigenvalue weighted by Crippen LogP contribution is -2.34. The third-order valence-corrected chi connectivity index (χ3v) is 4.83. The first-order valence-electron chi connectivity index (χ1n) is 9.18. The zero-order valence-electron chi connectivity index (χ0n) is 15.8. The van der Waals surface area contributed by atoms with Crippen LogP contribution < -0.4 is 10.9 Å². The third kappa shape index (κ3) is 3.11. The highest BCUT2D eigenvalue weighted by Gasteiger charge is 2.25. The van der Waals surface area contributed by atoms with E-state index in [0.717, 1.165) is 22.7 Å². The first-order chi connectivity index (χ1) is 12.5. The van der Waals surface area contributed by atoms with Crippen molar-refractivity contribution < 1.29 is 4.79 Å². The van der Waals surface area contributed by atoms with Crippen molar-refractivity contribution in [1.82, 2.24) is 19.7 Å². The molecule has 2 aromatic heterocycles. The number of aryl methyl sites for hydroxylation is 1. The maximum absolute atomic E-state index is 12.9. The van der Waals surface area contributed by atoms with Crippen LogP contribution in [0.3, 0.4) is 0 Å². The molecule has 1 amide bonds. The van der Waals surface area contributed by atoms with E-state index in [1.807, 2.05) is 35.8 Å². The molecule has 26 heavy (non-hydrogen) atoms. The molecule has 0 aliphatic carbocycles. The molecule has 3 rings (SSSR count). The molecule has 0 spiro atoms. The fraction of sp³-hybridized carbons (Fsp3) is 0.450. The van der Waals surface area contributed by atoms with Gasteiger partial charge in [-0.15, -0.1) is 0 Å². The van der Waals surface area contributed by atoms with Gasteiger partial charge in [0, 0.05) is 24.4 Å². The smallest absolute Gasteiger partial charge is 0.291 e. The Morgan fingerprint density at radius 1 is 1.23 bits per heavy atom. The van der Waals surface area contributed by atoms with E-state index in [2.05, 4.69) is 24.3 Å². The molecule has 0 fully saturated rings. The molecule has 6 nitrogen and oxygen atoms in total. The van der Waals surface area contributed by atoms with E-state index in [1.54, 1.807) is 13.2 Å². The van der Waals surface area contributed by atoms with E-state index < -0.39 is 6.04 Å². The number of fused-ring (bicyclic) bond motifs is 3. The Kier molecular flexibility index (Phi) is 5.11. The van der Waals surface area contributed by atoms with Crippen LogP contribution >= 0.6 is 0 Å². The third-order valence-electron chi connectivity index (χ3n) is 4.83. The average molecular weight is 354 g/mol. The van der Waals surface area contributed by atoms with Gasteiger partial charge in [-0.2, -0.15) is 5.10 Å². The second kappa shape index (κ2) is 7.32. The first-order valence-corrected chi connectivity index (χ1v) is 9.18. The molecule has 0 unspecified atom stereocenters. The molecular weight excluding hydrogens is 328 g/mol. The Morgan fingerprint density at radius 2 is 1.96 bits per heavy atom.